The second-order valence-electron chi connectivity index (χ2n) is 3.67. The molecule has 0 unspecified atom stereocenters. The summed E-state index contributed by atoms with van der Waals surface area (Å²) in [5.74, 6) is 1.37. The van der Waals surface area contributed by atoms with Gasteiger partial charge in [0.25, 0.3) is 0 Å². The van der Waals surface area contributed by atoms with Crippen LogP contribution in [0.25, 0.3) is 11.1 Å². The molecule has 3 heteroatoms. The van der Waals surface area contributed by atoms with Gasteiger partial charge in [0.05, 0.1) is 7.11 Å². The zero-order valence-electron chi connectivity index (χ0n) is 10.1. The Bertz CT molecular complexity index is 558. The van der Waals surface area contributed by atoms with Gasteiger partial charge in [0.2, 0.25) is 0 Å². The first kappa shape index (κ1) is 12.0. The molecule has 0 fully saturated rings. The molecule has 0 atom stereocenters. The highest BCUT2D eigenvalue weighted by atomic mass is 16.5. The van der Waals surface area contributed by atoms with Gasteiger partial charge >= 0.3 is 0 Å². The van der Waals surface area contributed by atoms with E-state index >= 15 is 0 Å². The predicted octanol–water partition coefficient (Wildman–Crippen LogP) is 3.26. The molecule has 0 N–H and O–H groups in total. The van der Waals surface area contributed by atoms with Gasteiger partial charge in [-0.25, -0.2) is 0 Å². The van der Waals surface area contributed by atoms with Crippen molar-refractivity contribution in [2.45, 2.75) is 0 Å². The molecule has 2 aromatic carbocycles. The molecule has 0 aliphatic heterocycles. The summed E-state index contributed by atoms with van der Waals surface area (Å²) in [5, 5.41) is 8.48. The van der Waals surface area contributed by atoms with Crippen molar-refractivity contribution in [1.29, 1.82) is 5.26 Å². The Labute approximate surface area is 106 Å². The van der Waals surface area contributed by atoms with Crippen molar-refractivity contribution in [1.82, 2.24) is 0 Å². The smallest absolute Gasteiger partial charge is 0.174 e. The Hall–Kier alpha value is -2.47. The van der Waals surface area contributed by atoms with Crippen molar-refractivity contribution in [3.8, 4) is 28.7 Å². The lowest BCUT2D eigenvalue weighted by Crippen LogP contribution is -1.95. The van der Waals surface area contributed by atoms with E-state index in [2.05, 4.69) is 0 Å². The number of rotatable bonds is 4. The van der Waals surface area contributed by atoms with E-state index in [0.29, 0.717) is 5.75 Å². The molecule has 0 aliphatic carbocycles. The Morgan fingerprint density at radius 1 is 1.11 bits per heavy atom. The van der Waals surface area contributed by atoms with E-state index in [0.717, 1.165) is 16.9 Å². The molecule has 0 saturated heterocycles. The number of hydrogen-bond acceptors (Lipinski definition) is 3. The molecule has 0 spiro atoms. The molecule has 2 rings (SSSR count). The average molecular weight is 239 g/mol. The van der Waals surface area contributed by atoms with Crippen LogP contribution in [0.5, 0.6) is 11.5 Å². The molecule has 3 nitrogen and oxygen atoms in total. The fraction of sp³-hybridized carbons (Fsp3) is 0.133. The monoisotopic (exact) mass is 239 g/mol. The first-order valence-corrected chi connectivity index (χ1v) is 5.58. The average Bonchev–Trinajstić information content (AvgIpc) is 2.45. The largest absolute Gasteiger partial charge is 0.496 e. The van der Waals surface area contributed by atoms with Gasteiger partial charge in [0.1, 0.15) is 17.6 Å². The third kappa shape index (κ3) is 2.61. The normalized spacial score (nSPS) is 9.56. The third-order valence-electron chi connectivity index (χ3n) is 2.56. The van der Waals surface area contributed by atoms with Crippen LogP contribution >= 0.6 is 0 Å². The minimum atomic E-state index is 0.0356. The van der Waals surface area contributed by atoms with E-state index in [1.54, 1.807) is 13.2 Å². The number of nitriles is 1. The number of hydrogen-bond donors (Lipinski definition) is 0. The molecule has 0 heterocycles. The summed E-state index contributed by atoms with van der Waals surface area (Å²) in [6.07, 6.45) is 0. The molecule has 0 bridgehead atoms. The lowest BCUT2D eigenvalue weighted by molar-refractivity contribution is 0.362. The van der Waals surface area contributed by atoms with Crippen molar-refractivity contribution in [2.75, 3.05) is 13.7 Å². The van der Waals surface area contributed by atoms with Crippen LogP contribution in [0, 0.1) is 11.3 Å². The maximum atomic E-state index is 8.48. The van der Waals surface area contributed by atoms with Crippen molar-refractivity contribution in [3.05, 3.63) is 48.5 Å². The Balaban J connectivity index is 2.35. The molecule has 0 aliphatic rings. The highest BCUT2D eigenvalue weighted by Crippen LogP contribution is 2.32. The van der Waals surface area contributed by atoms with E-state index in [1.807, 2.05) is 48.5 Å². The highest BCUT2D eigenvalue weighted by molar-refractivity contribution is 5.71. The molecular formula is C15H13NO2. The minimum Gasteiger partial charge on any atom is -0.496 e. The molecular weight excluding hydrogens is 226 g/mol. The van der Waals surface area contributed by atoms with Crippen LogP contribution in [0.4, 0.5) is 0 Å². The summed E-state index contributed by atoms with van der Waals surface area (Å²) < 4.78 is 10.6. The van der Waals surface area contributed by atoms with Crippen molar-refractivity contribution in [3.63, 3.8) is 0 Å². The molecule has 90 valence electrons. The quantitative estimate of drug-likeness (QED) is 0.822. The van der Waals surface area contributed by atoms with Crippen LogP contribution in [-0.4, -0.2) is 13.7 Å². The van der Waals surface area contributed by atoms with E-state index < -0.39 is 0 Å². The molecule has 0 aromatic heterocycles. The van der Waals surface area contributed by atoms with Crippen LogP contribution in [0.15, 0.2) is 48.5 Å². The molecule has 2 aromatic rings. The van der Waals surface area contributed by atoms with Gasteiger partial charge in [-0.15, -0.1) is 0 Å². The lowest BCUT2D eigenvalue weighted by atomic mass is 10.0. The van der Waals surface area contributed by atoms with Crippen LogP contribution in [0.1, 0.15) is 0 Å². The van der Waals surface area contributed by atoms with Crippen molar-refractivity contribution in [2.24, 2.45) is 0 Å². The summed E-state index contributed by atoms with van der Waals surface area (Å²) in [7, 11) is 1.62. The Kier molecular flexibility index (Phi) is 3.83. The van der Waals surface area contributed by atoms with E-state index in [9.17, 15) is 0 Å². The van der Waals surface area contributed by atoms with Crippen LogP contribution in [0.3, 0.4) is 0 Å². The van der Waals surface area contributed by atoms with Gasteiger partial charge in [0.15, 0.2) is 6.61 Å². The second-order valence-corrected chi connectivity index (χ2v) is 3.67. The molecule has 0 amide bonds. The van der Waals surface area contributed by atoms with E-state index in [4.69, 9.17) is 14.7 Å². The predicted molar refractivity (Wildman–Crippen MR) is 69.5 cm³/mol. The highest BCUT2D eigenvalue weighted by Gasteiger charge is 2.07. The fourth-order valence-corrected chi connectivity index (χ4v) is 1.73. The number of benzene rings is 2. The molecule has 18 heavy (non-hydrogen) atoms. The van der Waals surface area contributed by atoms with Gasteiger partial charge in [-0.1, -0.05) is 30.3 Å². The van der Waals surface area contributed by atoms with Crippen LogP contribution in [0.2, 0.25) is 0 Å². The zero-order chi connectivity index (χ0) is 12.8. The van der Waals surface area contributed by atoms with Crippen LogP contribution in [-0.2, 0) is 0 Å². The summed E-state index contributed by atoms with van der Waals surface area (Å²) in [6.45, 7) is 0.0356. The van der Waals surface area contributed by atoms with E-state index in [-0.39, 0.29) is 6.61 Å². The molecule has 0 radical (unpaired) electrons. The third-order valence-corrected chi connectivity index (χ3v) is 2.56. The first-order valence-electron chi connectivity index (χ1n) is 5.58. The minimum absolute atomic E-state index is 0.0356. The summed E-state index contributed by atoms with van der Waals surface area (Å²) in [5.41, 5.74) is 2.09. The Morgan fingerprint density at radius 2 is 1.89 bits per heavy atom. The van der Waals surface area contributed by atoms with Crippen LogP contribution < -0.4 is 9.47 Å². The maximum Gasteiger partial charge on any atom is 0.174 e. The van der Waals surface area contributed by atoms with Gasteiger partial charge in [0, 0.05) is 11.6 Å². The van der Waals surface area contributed by atoms with Crippen molar-refractivity contribution >= 4 is 0 Å². The van der Waals surface area contributed by atoms with E-state index in [1.165, 1.54) is 0 Å². The number of ether oxygens (including phenoxy) is 2. The summed E-state index contributed by atoms with van der Waals surface area (Å²) in [4.78, 5) is 0. The lowest BCUT2D eigenvalue weighted by Gasteiger charge is -2.10. The topological polar surface area (TPSA) is 42.2 Å². The summed E-state index contributed by atoms with van der Waals surface area (Å²) >= 11 is 0. The first-order chi connectivity index (χ1) is 8.85. The van der Waals surface area contributed by atoms with Crippen molar-refractivity contribution < 1.29 is 9.47 Å². The van der Waals surface area contributed by atoms with Gasteiger partial charge < -0.3 is 9.47 Å². The second kappa shape index (κ2) is 5.74. The standard InChI is InChI=1S/C15H13NO2/c1-17-15-11-13(18-10-9-16)7-8-14(15)12-5-3-2-4-6-12/h2-8,11H,10H2,1H3. The van der Waals surface area contributed by atoms with Gasteiger partial charge in [-0.2, -0.15) is 5.26 Å². The zero-order valence-corrected chi connectivity index (χ0v) is 10.1. The summed E-state index contributed by atoms with van der Waals surface area (Å²) in [6, 6.07) is 17.5. The SMILES string of the molecule is COc1cc(OCC#N)ccc1-c1ccccc1. The number of nitrogens with zero attached hydrogens (tertiary/aromatic N) is 1. The van der Waals surface area contributed by atoms with Gasteiger partial charge in [-0.05, 0) is 17.7 Å². The van der Waals surface area contributed by atoms with Gasteiger partial charge in [-0.3, -0.25) is 0 Å². The molecule has 0 saturated carbocycles. The fourth-order valence-electron chi connectivity index (χ4n) is 1.73. The number of methoxy groups -OCH3 is 1. The maximum absolute atomic E-state index is 8.48. The Morgan fingerprint density at radius 3 is 2.56 bits per heavy atom.